The number of sulfonamides is 1. The van der Waals surface area contributed by atoms with Gasteiger partial charge in [-0.1, -0.05) is 18.2 Å². The fourth-order valence-corrected chi connectivity index (χ4v) is 7.69. The van der Waals surface area contributed by atoms with E-state index in [4.69, 9.17) is 16.0 Å². The van der Waals surface area contributed by atoms with Gasteiger partial charge in [0.15, 0.2) is 28.3 Å². The van der Waals surface area contributed by atoms with E-state index in [9.17, 15) is 16.8 Å². The molecule has 2 aliphatic rings. The molecule has 0 spiro atoms. The predicted molar refractivity (Wildman–Crippen MR) is 128 cm³/mol. The second kappa shape index (κ2) is 8.46. The van der Waals surface area contributed by atoms with Crippen molar-refractivity contribution in [3.05, 3.63) is 35.9 Å². The number of sulfone groups is 1. The topological polar surface area (TPSA) is 210 Å². The number of imidazole rings is 1. The lowest BCUT2D eigenvalue weighted by Gasteiger charge is -2.38. The van der Waals surface area contributed by atoms with Gasteiger partial charge in [0.2, 0.25) is 10.0 Å². The number of aromatic nitrogens is 2. The highest BCUT2D eigenvalue weighted by atomic mass is 32.2. The SMILES string of the molecule is Nc1nc2c(-c3ccc(S(=O)(=O)C4CN(CCO)C4)c(S(N)(=O)=O)c3C3=NCN=N3)cccc2[nH]1. The number of H-pyrrole nitrogens is 1. The van der Waals surface area contributed by atoms with E-state index in [1.54, 1.807) is 23.1 Å². The third kappa shape index (κ3) is 4.00. The molecule has 1 aromatic heterocycles. The van der Waals surface area contributed by atoms with Gasteiger partial charge < -0.3 is 15.8 Å². The first kappa shape index (κ1) is 23.5. The maximum absolute atomic E-state index is 13.5. The Labute approximate surface area is 200 Å². The van der Waals surface area contributed by atoms with Gasteiger partial charge in [0.1, 0.15) is 4.90 Å². The maximum atomic E-state index is 13.5. The molecule has 6 N–H and O–H groups in total. The fraction of sp³-hybridized carbons (Fsp3) is 0.300. The molecule has 2 aliphatic heterocycles. The molecule has 35 heavy (non-hydrogen) atoms. The van der Waals surface area contributed by atoms with E-state index in [2.05, 4.69) is 25.2 Å². The zero-order chi connectivity index (χ0) is 25.0. The van der Waals surface area contributed by atoms with Gasteiger partial charge in [-0.15, -0.1) is 5.11 Å². The molecule has 5 rings (SSSR count). The minimum absolute atomic E-state index is 0.0336. The summed E-state index contributed by atoms with van der Waals surface area (Å²) in [5, 5.41) is 21.6. The first-order valence-corrected chi connectivity index (χ1v) is 13.6. The number of aliphatic hydroxyl groups is 1. The van der Waals surface area contributed by atoms with Crippen molar-refractivity contribution in [2.75, 3.05) is 38.6 Å². The van der Waals surface area contributed by atoms with Gasteiger partial charge in [0.05, 0.1) is 33.3 Å². The van der Waals surface area contributed by atoms with Crippen LogP contribution in [-0.4, -0.2) is 80.8 Å². The summed E-state index contributed by atoms with van der Waals surface area (Å²) in [5.74, 6) is 0.118. The molecule has 0 atom stereocenters. The summed E-state index contributed by atoms with van der Waals surface area (Å²) in [5.41, 5.74) is 7.63. The summed E-state index contributed by atoms with van der Waals surface area (Å²) in [6, 6.07) is 7.92. The molecule has 0 unspecified atom stereocenters. The number of nitrogens with zero attached hydrogens (tertiary/aromatic N) is 5. The number of azo groups is 1. The Balaban J connectivity index is 1.78. The number of fused-ring (bicyclic) bond motifs is 1. The highest BCUT2D eigenvalue weighted by Gasteiger charge is 2.42. The van der Waals surface area contributed by atoms with Crippen LogP contribution in [0.4, 0.5) is 5.95 Å². The number of anilines is 1. The van der Waals surface area contributed by atoms with Gasteiger partial charge in [-0.2, -0.15) is 5.11 Å². The van der Waals surface area contributed by atoms with Crippen LogP contribution in [0.25, 0.3) is 22.2 Å². The summed E-state index contributed by atoms with van der Waals surface area (Å²) in [6.07, 6.45) is 0. The van der Waals surface area contributed by atoms with E-state index in [1.807, 2.05) is 0 Å². The van der Waals surface area contributed by atoms with Crippen molar-refractivity contribution in [3.8, 4) is 11.1 Å². The zero-order valence-electron chi connectivity index (χ0n) is 18.3. The number of hydrogen-bond acceptors (Lipinski definition) is 11. The largest absolute Gasteiger partial charge is 0.395 e. The summed E-state index contributed by atoms with van der Waals surface area (Å²) in [7, 11) is -8.68. The third-order valence-corrected chi connectivity index (χ3v) is 9.24. The lowest BCUT2D eigenvalue weighted by Crippen LogP contribution is -2.55. The van der Waals surface area contributed by atoms with Crippen LogP contribution < -0.4 is 10.9 Å². The van der Waals surface area contributed by atoms with Crippen LogP contribution in [0.3, 0.4) is 0 Å². The summed E-state index contributed by atoms with van der Waals surface area (Å²) < 4.78 is 52.9. The number of β-amino-alcohol motifs (C(OH)–C–C–N with tert-alkyl or cyclic N) is 1. The van der Waals surface area contributed by atoms with Gasteiger partial charge in [-0.05, 0) is 17.7 Å². The number of aliphatic hydroxyl groups excluding tert-OH is 1. The van der Waals surface area contributed by atoms with Crippen LogP contribution in [-0.2, 0) is 19.9 Å². The molecule has 3 heterocycles. The van der Waals surface area contributed by atoms with Crippen molar-refractivity contribution >= 4 is 42.7 Å². The standard InChI is InChI=1S/C20H22N8O5S2/c21-20-25-14-3-1-2-13(17(14)26-20)12-4-5-15(34(30,31)11-8-28(9-11)6-7-29)18(35(22,32)33)16(12)19-23-10-24-27-19/h1-5,11,29H,6-10H2,(H3,21,25,26)(H2,22,32,33). The monoisotopic (exact) mass is 518 g/mol. The van der Waals surface area contributed by atoms with Crippen LogP contribution in [0, 0.1) is 0 Å². The van der Waals surface area contributed by atoms with E-state index in [0.717, 1.165) is 0 Å². The number of nitrogen functional groups attached to an aromatic ring is 1. The average molecular weight is 519 g/mol. The molecule has 0 saturated carbocycles. The van der Waals surface area contributed by atoms with Gasteiger partial charge in [0.25, 0.3) is 0 Å². The van der Waals surface area contributed by atoms with Crippen molar-refractivity contribution in [1.29, 1.82) is 0 Å². The van der Waals surface area contributed by atoms with Crippen LogP contribution in [0.15, 0.2) is 55.3 Å². The number of aromatic amines is 1. The number of para-hydroxylation sites is 1. The smallest absolute Gasteiger partial charge is 0.240 e. The fourth-order valence-electron chi connectivity index (χ4n) is 4.37. The number of rotatable bonds is 7. The molecule has 15 heteroatoms. The van der Waals surface area contributed by atoms with Gasteiger partial charge in [-0.3, -0.25) is 4.90 Å². The minimum Gasteiger partial charge on any atom is -0.395 e. The first-order valence-electron chi connectivity index (χ1n) is 10.5. The summed E-state index contributed by atoms with van der Waals surface area (Å²) in [6.45, 7) is 0.509. The molecule has 184 valence electrons. The van der Waals surface area contributed by atoms with E-state index in [1.165, 1.54) is 12.1 Å². The summed E-state index contributed by atoms with van der Waals surface area (Å²) in [4.78, 5) is 12.1. The highest BCUT2D eigenvalue weighted by molar-refractivity contribution is 7.94. The molecular formula is C20H22N8O5S2. The zero-order valence-corrected chi connectivity index (χ0v) is 19.9. The number of primary sulfonamides is 1. The number of likely N-dealkylation sites (tertiary alicyclic amines) is 1. The lowest BCUT2D eigenvalue weighted by molar-refractivity contribution is 0.141. The molecule has 0 radical (unpaired) electrons. The average Bonchev–Trinajstić information content (AvgIpc) is 3.42. The van der Waals surface area contributed by atoms with Crippen molar-refractivity contribution in [1.82, 2.24) is 14.9 Å². The van der Waals surface area contributed by atoms with E-state index >= 15 is 0 Å². The molecule has 2 aromatic carbocycles. The second-order valence-electron chi connectivity index (χ2n) is 8.20. The highest BCUT2D eigenvalue weighted by Crippen LogP contribution is 2.39. The van der Waals surface area contributed by atoms with Crippen molar-refractivity contribution in [2.24, 2.45) is 20.4 Å². The van der Waals surface area contributed by atoms with Crippen LogP contribution in [0.1, 0.15) is 5.56 Å². The predicted octanol–water partition coefficient (Wildman–Crippen LogP) is 0.0796. The Hall–Kier alpha value is -3.24. The molecule has 0 aliphatic carbocycles. The quantitative estimate of drug-likeness (QED) is 0.335. The van der Waals surface area contributed by atoms with Crippen molar-refractivity contribution in [2.45, 2.75) is 15.0 Å². The Bertz CT molecular complexity index is 1610. The normalized spacial score (nSPS) is 17.1. The number of benzene rings is 2. The Morgan fingerprint density at radius 3 is 2.54 bits per heavy atom. The van der Waals surface area contributed by atoms with E-state index in [-0.39, 0.29) is 43.7 Å². The molecule has 0 bridgehead atoms. The Morgan fingerprint density at radius 2 is 1.89 bits per heavy atom. The lowest BCUT2D eigenvalue weighted by atomic mass is 9.97. The van der Waals surface area contributed by atoms with E-state index in [0.29, 0.717) is 28.7 Å². The van der Waals surface area contributed by atoms with Gasteiger partial charge in [0, 0.05) is 25.2 Å². The van der Waals surface area contributed by atoms with Gasteiger partial charge in [-0.25, -0.2) is 32.0 Å². The second-order valence-corrected chi connectivity index (χ2v) is 11.9. The molecule has 13 nitrogen and oxygen atoms in total. The number of hydrogen-bond donors (Lipinski definition) is 4. The summed E-state index contributed by atoms with van der Waals surface area (Å²) >= 11 is 0. The van der Waals surface area contributed by atoms with E-state index < -0.39 is 34.9 Å². The molecule has 0 amide bonds. The van der Waals surface area contributed by atoms with Crippen molar-refractivity contribution < 1.29 is 21.9 Å². The maximum Gasteiger partial charge on any atom is 0.240 e. The van der Waals surface area contributed by atoms with Crippen LogP contribution >= 0.6 is 0 Å². The number of nitrogens with one attached hydrogen (secondary N) is 1. The Morgan fingerprint density at radius 1 is 1.11 bits per heavy atom. The van der Waals surface area contributed by atoms with Crippen LogP contribution in [0.5, 0.6) is 0 Å². The van der Waals surface area contributed by atoms with Crippen molar-refractivity contribution in [3.63, 3.8) is 0 Å². The first-order chi connectivity index (χ1) is 16.6. The van der Waals surface area contributed by atoms with Crippen LogP contribution in [0.2, 0.25) is 0 Å². The van der Waals surface area contributed by atoms with Gasteiger partial charge >= 0.3 is 0 Å². The number of nitrogens with two attached hydrogens (primary N) is 2. The molecular weight excluding hydrogens is 496 g/mol. The number of amidine groups is 1. The third-order valence-electron chi connectivity index (χ3n) is 5.99. The number of aliphatic imine (C=N–C) groups is 1. The Kier molecular flexibility index (Phi) is 5.68. The minimum atomic E-state index is -4.57. The molecule has 1 fully saturated rings. The molecule has 3 aromatic rings. The molecule has 1 saturated heterocycles.